The van der Waals surface area contributed by atoms with Crippen molar-refractivity contribution in [2.24, 2.45) is 10.4 Å². The smallest absolute Gasteiger partial charge is 0.0736 e. The minimum Gasteiger partial charge on any atom is -0.281 e. The van der Waals surface area contributed by atoms with Gasteiger partial charge in [-0.05, 0) is 13.3 Å². The van der Waals surface area contributed by atoms with Crippen molar-refractivity contribution in [2.75, 3.05) is 12.3 Å². The van der Waals surface area contributed by atoms with Crippen LogP contribution in [-0.4, -0.2) is 17.3 Å². The molecule has 12 heavy (non-hydrogen) atoms. The van der Waals surface area contributed by atoms with Crippen molar-refractivity contribution in [2.45, 2.75) is 27.2 Å². The number of hydrogen-bond donors (Lipinski definition) is 0. The van der Waals surface area contributed by atoms with Gasteiger partial charge < -0.3 is 0 Å². The van der Waals surface area contributed by atoms with Crippen molar-refractivity contribution in [3.8, 4) is 0 Å². The fourth-order valence-corrected chi connectivity index (χ4v) is 2.28. The van der Waals surface area contributed by atoms with Crippen LogP contribution < -0.4 is 0 Å². The predicted octanol–water partition coefficient (Wildman–Crippen LogP) is 3.12. The molecule has 0 aromatic heterocycles. The van der Waals surface area contributed by atoms with Crippen LogP contribution in [0.4, 0.5) is 0 Å². The SMILES string of the molecule is CC=CCC(C)(C)C1=NCCS1. The molecule has 0 bridgehead atoms. The monoisotopic (exact) mass is 183 g/mol. The van der Waals surface area contributed by atoms with Crippen LogP contribution in [0.2, 0.25) is 0 Å². The number of allylic oxidation sites excluding steroid dienone is 2. The highest BCUT2D eigenvalue weighted by molar-refractivity contribution is 8.14. The van der Waals surface area contributed by atoms with Crippen molar-refractivity contribution < 1.29 is 0 Å². The fraction of sp³-hybridized carbons (Fsp3) is 0.700. The Morgan fingerprint density at radius 2 is 2.33 bits per heavy atom. The summed E-state index contributed by atoms with van der Waals surface area (Å²) in [6.45, 7) is 7.62. The highest BCUT2D eigenvalue weighted by Gasteiger charge is 2.25. The average Bonchev–Trinajstić information content (AvgIpc) is 2.53. The molecule has 0 radical (unpaired) electrons. The minimum atomic E-state index is 0.258. The van der Waals surface area contributed by atoms with Crippen LogP contribution in [0.1, 0.15) is 27.2 Å². The summed E-state index contributed by atoms with van der Waals surface area (Å²) in [5, 5.41) is 1.33. The van der Waals surface area contributed by atoms with Gasteiger partial charge >= 0.3 is 0 Å². The van der Waals surface area contributed by atoms with Crippen molar-refractivity contribution in [1.82, 2.24) is 0 Å². The minimum absolute atomic E-state index is 0.258. The molecule has 1 rings (SSSR count). The summed E-state index contributed by atoms with van der Waals surface area (Å²) in [4.78, 5) is 4.51. The maximum Gasteiger partial charge on any atom is 0.0736 e. The molecule has 0 spiro atoms. The lowest BCUT2D eigenvalue weighted by Gasteiger charge is -2.22. The summed E-state index contributed by atoms with van der Waals surface area (Å²) in [6, 6.07) is 0. The average molecular weight is 183 g/mol. The summed E-state index contributed by atoms with van der Waals surface area (Å²) >= 11 is 1.92. The molecule has 0 aromatic rings. The first kappa shape index (κ1) is 9.85. The lowest BCUT2D eigenvalue weighted by molar-refractivity contribution is 0.540. The van der Waals surface area contributed by atoms with Gasteiger partial charge in [0.05, 0.1) is 5.04 Å². The summed E-state index contributed by atoms with van der Waals surface area (Å²) in [6.07, 6.45) is 5.44. The summed E-state index contributed by atoms with van der Waals surface area (Å²) in [7, 11) is 0. The van der Waals surface area contributed by atoms with E-state index in [1.807, 2.05) is 11.8 Å². The Bertz CT molecular complexity index is 204. The topological polar surface area (TPSA) is 12.4 Å². The Hall–Kier alpha value is -0.240. The molecule has 0 saturated carbocycles. The van der Waals surface area contributed by atoms with Crippen LogP contribution in [0.15, 0.2) is 17.1 Å². The predicted molar refractivity (Wildman–Crippen MR) is 58.0 cm³/mol. The van der Waals surface area contributed by atoms with Gasteiger partial charge in [0.2, 0.25) is 0 Å². The first-order valence-corrected chi connectivity index (χ1v) is 5.44. The largest absolute Gasteiger partial charge is 0.281 e. The van der Waals surface area contributed by atoms with E-state index in [-0.39, 0.29) is 5.41 Å². The van der Waals surface area contributed by atoms with Crippen LogP contribution in [0.3, 0.4) is 0 Å². The molecule has 2 heteroatoms. The third-order valence-corrected chi connectivity index (χ3v) is 3.37. The van der Waals surface area contributed by atoms with Crippen LogP contribution in [0, 0.1) is 5.41 Å². The van der Waals surface area contributed by atoms with Gasteiger partial charge in [0.15, 0.2) is 0 Å². The molecule has 0 N–H and O–H groups in total. The van der Waals surface area contributed by atoms with Crippen LogP contribution in [0.5, 0.6) is 0 Å². The van der Waals surface area contributed by atoms with E-state index in [4.69, 9.17) is 0 Å². The van der Waals surface area contributed by atoms with Gasteiger partial charge in [0.25, 0.3) is 0 Å². The molecule has 68 valence electrons. The molecule has 0 aliphatic carbocycles. The zero-order valence-electron chi connectivity index (χ0n) is 8.13. The van der Waals surface area contributed by atoms with E-state index < -0.39 is 0 Å². The zero-order valence-corrected chi connectivity index (χ0v) is 8.95. The Morgan fingerprint density at radius 1 is 1.58 bits per heavy atom. The highest BCUT2D eigenvalue weighted by atomic mass is 32.2. The van der Waals surface area contributed by atoms with E-state index in [0.717, 1.165) is 13.0 Å². The van der Waals surface area contributed by atoms with Gasteiger partial charge in [0, 0.05) is 17.7 Å². The van der Waals surface area contributed by atoms with Crippen molar-refractivity contribution >= 4 is 16.8 Å². The van der Waals surface area contributed by atoms with Crippen LogP contribution >= 0.6 is 11.8 Å². The number of aliphatic imine (C=N–C) groups is 1. The molecule has 1 nitrogen and oxygen atoms in total. The van der Waals surface area contributed by atoms with E-state index in [0.29, 0.717) is 0 Å². The lowest BCUT2D eigenvalue weighted by Crippen LogP contribution is -2.19. The number of hydrogen-bond acceptors (Lipinski definition) is 2. The zero-order chi connectivity index (χ0) is 9.03. The summed E-state index contributed by atoms with van der Waals surface area (Å²) in [5.74, 6) is 1.18. The molecule has 0 unspecified atom stereocenters. The van der Waals surface area contributed by atoms with Gasteiger partial charge in [-0.1, -0.05) is 26.0 Å². The molecule has 0 aromatic carbocycles. The first-order valence-electron chi connectivity index (χ1n) is 4.46. The third-order valence-electron chi connectivity index (χ3n) is 2.03. The summed E-state index contributed by atoms with van der Waals surface area (Å²) < 4.78 is 0. The molecule has 1 aliphatic heterocycles. The van der Waals surface area contributed by atoms with E-state index in [9.17, 15) is 0 Å². The Kier molecular flexibility index (Phi) is 3.39. The fourth-order valence-electron chi connectivity index (χ4n) is 1.24. The Labute approximate surface area is 79.3 Å². The highest BCUT2D eigenvalue weighted by Crippen LogP contribution is 2.32. The lowest BCUT2D eigenvalue weighted by atomic mass is 9.90. The van der Waals surface area contributed by atoms with Gasteiger partial charge in [0.1, 0.15) is 0 Å². The molecule has 0 atom stereocenters. The van der Waals surface area contributed by atoms with Crippen molar-refractivity contribution in [1.29, 1.82) is 0 Å². The van der Waals surface area contributed by atoms with Crippen LogP contribution in [0.25, 0.3) is 0 Å². The van der Waals surface area contributed by atoms with E-state index in [2.05, 4.69) is 37.9 Å². The normalized spacial score (nSPS) is 18.8. The van der Waals surface area contributed by atoms with E-state index in [1.54, 1.807) is 0 Å². The van der Waals surface area contributed by atoms with E-state index in [1.165, 1.54) is 10.8 Å². The Balaban J connectivity index is 2.57. The molecule has 0 amide bonds. The second-order valence-corrected chi connectivity index (χ2v) is 4.78. The maximum atomic E-state index is 4.51. The van der Waals surface area contributed by atoms with Gasteiger partial charge in [-0.15, -0.1) is 11.8 Å². The quantitative estimate of drug-likeness (QED) is 0.612. The standard InChI is InChI=1S/C10H17NS/c1-4-5-6-10(2,3)9-11-7-8-12-9/h4-5H,6-8H2,1-3H3. The van der Waals surface area contributed by atoms with Gasteiger partial charge in [-0.3, -0.25) is 4.99 Å². The van der Waals surface area contributed by atoms with Crippen molar-refractivity contribution in [3.63, 3.8) is 0 Å². The molecule has 1 heterocycles. The van der Waals surface area contributed by atoms with Crippen LogP contribution in [-0.2, 0) is 0 Å². The number of thioether (sulfide) groups is 1. The number of nitrogens with zero attached hydrogens (tertiary/aromatic N) is 1. The number of rotatable bonds is 3. The van der Waals surface area contributed by atoms with Gasteiger partial charge in [-0.2, -0.15) is 0 Å². The first-order chi connectivity index (χ1) is 5.67. The van der Waals surface area contributed by atoms with E-state index >= 15 is 0 Å². The van der Waals surface area contributed by atoms with Gasteiger partial charge in [-0.25, -0.2) is 0 Å². The molecular weight excluding hydrogens is 166 g/mol. The molecule has 1 aliphatic rings. The third kappa shape index (κ3) is 2.37. The molecule has 0 saturated heterocycles. The summed E-state index contributed by atoms with van der Waals surface area (Å²) in [5.41, 5.74) is 0.258. The second-order valence-electron chi connectivity index (χ2n) is 3.69. The Morgan fingerprint density at radius 3 is 2.83 bits per heavy atom. The van der Waals surface area contributed by atoms with Crippen molar-refractivity contribution in [3.05, 3.63) is 12.2 Å². The second kappa shape index (κ2) is 4.13. The molecular formula is C10H17NS. The maximum absolute atomic E-state index is 4.51. The molecule has 0 fully saturated rings.